The van der Waals surface area contributed by atoms with Gasteiger partial charge in [-0.15, -0.1) is 0 Å². The van der Waals surface area contributed by atoms with Crippen LogP contribution >= 0.6 is 0 Å². The fourth-order valence-electron chi connectivity index (χ4n) is 4.45. The van der Waals surface area contributed by atoms with Gasteiger partial charge in [0.15, 0.2) is 0 Å². The highest BCUT2D eigenvalue weighted by Crippen LogP contribution is 2.36. The third-order valence-electron chi connectivity index (χ3n) is 6.09. The van der Waals surface area contributed by atoms with E-state index in [1.165, 1.54) is 44.9 Å². The zero-order chi connectivity index (χ0) is 19.9. The van der Waals surface area contributed by atoms with Crippen LogP contribution in [-0.4, -0.2) is 17.3 Å². The molecule has 0 heterocycles. The Bertz CT molecular complexity index is 441. The summed E-state index contributed by atoms with van der Waals surface area (Å²) in [6.45, 7) is 4.25. The molecule has 0 aliphatic heterocycles. The van der Waals surface area contributed by atoms with Gasteiger partial charge in [-0.3, -0.25) is 14.4 Å². The van der Waals surface area contributed by atoms with E-state index in [9.17, 15) is 14.4 Å². The Balaban J connectivity index is 2.12. The summed E-state index contributed by atoms with van der Waals surface area (Å²) in [6.07, 6.45) is 15.9. The predicted octanol–water partition coefficient (Wildman–Crippen LogP) is 6.61. The van der Waals surface area contributed by atoms with Gasteiger partial charge in [0.2, 0.25) is 0 Å². The summed E-state index contributed by atoms with van der Waals surface area (Å²) in [6, 6.07) is 0. The molecule has 0 spiro atoms. The van der Waals surface area contributed by atoms with Crippen LogP contribution in [0.25, 0.3) is 0 Å². The molecule has 1 aliphatic rings. The van der Waals surface area contributed by atoms with Crippen LogP contribution in [0.5, 0.6) is 0 Å². The molecule has 0 aromatic carbocycles. The summed E-state index contributed by atoms with van der Waals surface area (Å²) >= 11 is 0. The van der Waals surface area contributed by atoms with Crippen LogP contribution in [0.2, 0.25) is 0 Å². The van der Waals surface area contributed by atoms with E-state index in [0.29, 0.717) is 50.2 Å². The maximum Gasteiger partial charge on any atom is 0.133 e. The van der Waals surface area contributed by atoms with Crippen molar-refractivity contribution in [2.45, 2.75) is 123 Å². The Kier molecular flexibility index (Phi) is 13.4. The number of ketones is 3. The molecule has 0 radical (unpaired) electrons. The molecule has 3 nitrogen and oxygen atoms in total. The first-order valence-corrected chi connectivity index (χ1v) is 11.6. The minimum absolute atomic E-state index is 0.249. The van der Waals surface area contributed by atoms with Crippen LogP contribution in [0.4, 0.5) is 0 Å². The SMILES string of the molecule is CCCCC1CCCC[C@@H]1CC(=O)CCCCC(=O)CCCC(=O)CCC. The summed E-state index contributed by atoms with van der Waals surface area (Å²) < 4.78 is 0. The van der Waals surface area contributed by atoms with Gasteiger partial charge >= 0.3 is 0 Å². The molecule has 0 saturated heterocycles. The summed E-state index contributed by atoms with van der Waals surface area (Å²) in [7, 11) is 0. The van der Waals surface area contributed by atoms with E-state index in [0.717, 1.165) is 31.6 Å². The normalized spacial score (nSPS) is 19.8. The molecule has 3 heteroatoms. The zero-order valence-corrected chi connectivity index (χ0v) is 17.9. The smallest absolute Gasteiger partial charge is 0.133 e. The molecule has 27 heavy (non-hydrogen) atoms. The van der Waals surface area contributed by atoms with Crippen molar-refractivity contribution in [3.8, 4) is 0 Å². The number of carbonyl (C=O) groups is 3. The van der Waals surface area contributed by atoms with Crippen molar-refractivity contribution < 1.29 is 14.4 Å². The fourth-order valence-corrected chi connectivity index (χ4v) is 4.45. The van der Waals surface area contributed by atoms with E-state index in [4.69, 9.17) is 0 Å². The predicted molar refractivity (Wildman–Crippen MR) is 112 cm³/mol. The summed E-state index contributed by atoms with van der Waals surface area (Å²) in [5, 5.41) is 0. The zero-order valence-electron chi connectivity index (χ0n) is 17.9. The lowest BCUT2D eigenvalue weighted by atomic mass is 9.74. The van der Waals surface area contributed by atoms with Crippen molar-refractivity contribution >= 4 is 17.3 Å². The van der Waals surface area contributed by atoms with Gasteiger partial charge in [-0.25, -0.2) is 0 Å². The van der Waals surface area contributed by atoms with E-state index in [1.807, 2.05) is 6.92 Å². The maximum absolute atomic E-state index is 12.4. The van der Waals surface area contributed by atoms with Gasteiger partial charge in [-0.1, -0.05) is 52.4 Å². The lowest BCUT2D eigenvalue weighted by Crippen LogP contribution is -2.22. The van der Waals surface area contributed by atoms with Crippen LogP contribution in [0.1, 0.15) is 123 Å². The van der Waals surface area contributed by atoms with Crippen LogP contribution in [-0.2, 0) is 14.4 Å². The van der Waals surface area contributed by atoms with E-state index < -0.39 is 0 Å². The molecule has 2 atom stereocenters. The molecule has 1 unspecified atom stereocenters. The van der Waals surface area contributed by atoms with Crippen molar-refractivity contribution in [3.05, 3.63) is 0 Å². The lowest BCUT2D eigenvalue weighted by Gasteiger charge is -2.31. The molecule has 156 valence electrons. The molecule has 1 fully saturated rings. The number of unbranched alkanes of at least 4 members (excludes halogenated alkanes) is 2. The third-order valence-corrected chi connectivity index (χ3v) is 6.09. The number of Topliss-reactive ketones (excluding diaryl/α,β-unsaturated/α-hetero) is 3. The first-order valence-electron chi connectivity index (χ1n) is 11.6. The highest BCUT2D eigenvalue weighted by molar-refractivity contribution is 5.81. The van der Waals surface area contributed by atoms with Crippen LogP contribution in [0, 0.1) is 11.8 Å². The molecule has 0 amide bonds. The first kappa shape index (κ1) is 24.0. The van der Waals surface area contributed by atoms with Gasteiger partial charge in [-0.05, 0) is 43.9 Å². The van der Waals surface area contributed by atoms with E-state index in [-0.39, 0.29) is 11.6 Å². The van der Waals surface area contributed by atoms with Crippen LogP contribution in [0.15, 0.2) is 0 Å². The molecular weight excluding hydrogens is 336 g/mol. The topological polar surface area (TPSA) is 51.2 Å². The summed E-state index contributed by atoms with van der Waals surface area (Å²) in [4.78, 5) is 35.7. The maximum atomic E-state index is 12.4. The van der Waals surface area contributed by atoms with Gasteiger partial charge < -0.3 is 0 Å². The summed E-state index contributed by atoms with van der Waals surface area (Å²) in [5.74, 6) is 2.30. The van der Waals surface area contributed by atoms with Crippen LogP contribution in [0.3, 0.4) is 0 Å². The quantitative estimate of drug-likeness (QED) is 0.284. The number of hydrogen-bond donors (Lipinski definition) is 0. The Morgan fingerprint density at radius 3 is 1.81 bits per heavy atom. The molecule has 0 bridgehead atoms. The van der Waals surface area contributed by atoms with Gasteiger partial charge in [0.05, 0.1) is 0 Å². The monoisotopic (exact) mass is 378 g/mol. The van der Waals surface area contributed by atoms with E-state index in [2.05, 4.69) is 6.92 Å². The number of hydrogen-bond acceptors (Lipinski definition) is 3. The van der Waals surface area contributed by atoms with Crippen molar-refractivity contribution in [3.63, 3.8) is 0 Å². The molecule has 1 saturated carbocycles. The fraction of sp³-hybridized carbons (Fsp3) is 0.875. The molecule has 1 rings (SSSR count). The van der Waals surface area contributed by atoms with Crippen LogP contribution < -0.4 is 0 Å². The largest absolute Gasteiger partial charge is 0.300 e. The van der Waals surface area contributed by atoms with E-state index in [1.54, 1.807) is 0 Å². The van der Waals surface area contributed by atoms with Gasteiger partial charge in [-0.2, -0.15) is 0 Å². The Morgan fingerprint density at radius 1 is 0.630 bits per heavy atom. The lowest BCUT2D eigenvalue weighted by molar-refractivity contribution is -0.122. The first-order chi connectivity index (χ1) is 13.1. The highest BCUT2D eigenvalue weighted by Gasteiger charge is 2.26. The number of carbonyl (C=O) groups excluding carboxylic acids is 3. The molecule has 0 aromatic heterocycles. The second kappa shape index (κ2) is 15.0. The van der Waals surface area contributed by atoms with Crippen molar-refractivity contribution in [2.75, 3.05) is 0 Å². The minimum Gasteiger partial charge on any atom is -0.300 e. The van der Waals surface area contributed by atoms with Gasteiger partial charge in [0.1, 0.15) is 17.3 Å². The van der Waals surface area contributed by atoms with Crippen molar-refractivity contribution in [1.82, 2.24) is 0 Å². The summed E-state index contributed by atoms with van der Waals surface area (Å²) in [5.41, 5.74) is 0. The molecule has 0 N–H and O–H groups in total. The van der Waals surface area contributed by atoms with Gasteiger partial charge in [0, 0.05) is 38.5 Å². The average Bonchev–Trinajstić information content (AvgIpc) is 2.65. The average molecular weight is 379 g/mol. The van der Waals surface area contributed by atoms with Crippen molar-refractivity contribution in [1.29, 1.82) is 0 Å². The minimum atomic E-state index is 0.249. The highest BCUT2D eigenvalue weighted by atomic mass is 16.1. The molecule has 1 aliphatic carbocycles. The third kappa shape index (κ3) is 11.4. The molecular formula is C24H42O3. The second-order valence-electron chi connectivity index (χ2n) is 8.58. The number of rotatable bonds is 16. The second-order valence-corrected chi connectivity index (χ2v) is 8.58. The molecule has 0 aromatic rings. The van der Waals surface area contributed by atoms with Crippen molar-refractivity contribution in [2.24, 2.45) is 11.8 Å². The Labute approximate surface area is 167 Å². The Morgan fingerprint density at radius 2 is 1.19 bits per heavy atom. The standard InChI is InChI=1S/C24H42O3/c1-3-5-12-20-13-6-7-14-21(20)19-24(27)16-9-8-15-23(26)18-10-17-22(25)11-4-2/h20-21H,3-19H2,1-2H3/t20?,21-/m1/s1. The van der Waals surface area contributed by atoms with Gasteiger partial charge in [0.25, 0.3) is 0 Å². The Hall–Kier alpha value is -0.990. The van der Waals surface area contributed by atoms with E-state index >= 15 is 0 Å².